The molecule has 0 aliphatic rings. The van der Waals surface area contributed by atoms with Crippen molar-refractivity contribution in [3.63, 3.8) is 0 Å². The van der Waals surface area contributed by atoms with E-state index in [1.807, 2.05) is 18.3 Å². The third kappa shape index (κ3) is 2.43. The van der Waals surface area contributed by atoms with Gasteiger partial charge in [0.25, 0.3) is 5.91 Å². The second kappa shape index (κ2) is 4.41. The Bertz CT molecular complexity index is 422. The van der Waals surface area contributed by atoms with Crippen LogP contribution in [-0.2, 0) is 6.54 Å². The first-order chi connectivity index (χ1) is 7.36. The van der Waals surface area contributed by atoms with Gasteiger partial charge in [0.05, 0.1) is 6.54 Å². The van der Waals surface area contributed by atoms with Crippen molar-refractivity contribution in [1.82, 2.24) is 15.3 Å². The molecule has 0 aromatic carbocycles. The normalized spacial score (nSPS) is 9.87. The Kier molecular flexibility index (Phi) is 2.78. The van der Waals surface area contributed by atoms with Crippen molar-refractivity contribution >= 4 is 5.91 Å². The number of carbonyl (C=O) groups excluding carboxylic acids is 1. The summed E-state index contributed by atoms with van der Waals surface area (Å²) < 4.78 is 0. The topological polar surface area (TPSA) is 57.8 Å². The number of hydrogen-bond donors (Lipinski definition) is 2. The Morgan fingerprint density at radius 1 is 1.33 bits per heavy atom. The lowest BCUT2D eigenvalue weighted by molar-refractivity contribution is 0.0950. The van der Waals surface area contributed by atoms with Gasteiger partial charge in [0.2, 0.25) is 0 Å². The number of rotatable bonds is 3. The molecule has 4 nitrogen and oxygen atoms in total. The minimum Gasteiger partial charge on any atom is -0.364 e. The van der Waals surface area contributed by atoms with Crippen LogP contribution in [0.5, 0.6) is 0 Å². The van der Waals surface area contributed by atoms with E-state index in [2.05, 4.69) is 15.3 Å². The highest BCUT2D eigenvalue weighted by atomic mass is 16.1. The van der Waals surface area contributed by atoms with Gasteiger partial charge < -0.3 is 10.3 Å². The van der Waals surface area contributed by atoms with Gasteiger partial charge in [-0.05, 0) is 24.3 Å². The molecule has 0 saturated heterocycles. The molecular weight excluding hydrogens is 190 g/mol. The van der Waals surface area contributed by atoms with Crippen LogP contribution in [0, 0.1) is 0 Å². The van der Waals surface area contributed by atoms with Gasteiger partial charge in [0.15, 0.2) is 0 Å². The fourth-order valence-corrected chi connectivity index (χ4v) is 1.26. The van der Waals surface area contributed by atoms with Gasteiger partial charge in [0, 0.05) is 29.8 Å². The molecule has 76 valence electrons. The van der Waals surface area contributed by atoms with Crippen molar-refractivity contribution in [1.29, 1.82) is 0 Å². The maximum Gasteiger partial charge on any atom is 0.251 e. The quantitative estimate of drug-likeness (QED) is 0.787. The van der Waals surface area contributed by atoms with Crippen LogP contribution < -0.4 is 5.32 Å². The molecule has 2 rings (SSSR count). The molecule has 4 heteroatoms. The summed E-state index contributed by atoms with van der Waals surface area (Å²) in [6.45, 7) is 0.508. The average molecular weight is 201 g/mol. The van der Waals surface area contributed by atoms with Crippen LogP contribution in [0.15, 0.2) is 42.9 Å². The molecule has 2 aromatic heterocycles. The Morgan fingerprint density at radius 2 is 2.13 bits per heavy atom. The van der Waals surface area contributed by atoms with Crippen molar-refractivity contribution in [3.05, 3.63) is 54.1 Å². The second-order valence-electron chi connectivity index (χ2n) is 3.11. The zero-order valence-corrected chi connectivity index (χ0v) is 8.10. The lowest BCUT2D eigenvalue weighted by atomic mass is 10.2. The second-order valence-corrected chi connectivity index (χ2v) is 3.11. The molecule has 1 amide bonds. The lowest BCUT2D eigenvalue weighted by Gasteiger charge is -2.02. The summed E-state index contributed by atoms with van der Waals surface area (Å²) in [6.07, 6.45) is 5.03. The van der Waals surface area contributed by atoms with Gasteiger partial charge >= 0.3 is 0 Å². The summed E-state index contributed by atoms with van der Waals surface area (Å²) in [4.78, 5) is 18.5. The highest BCUT2D eigenvalue weighted by Crippen LogP contribution is 1.98. The molecule has 0 saturated carbocycles. The molecule has 0 aliphatic carbocycles. The summed E-state index contributed by atoms with van der Waals surface area (Å²) in [5, 5.41) is 2.80. The van der Waals surface area contributed by atoms with Crippen LogP contribution in [0.2, 0.25) is 0 Å². The molecule has 0 bridgehead atoms. The molecule has 15 heavy (non-hydrogen) atoms. The van der Waals surface area contributed by atoms with Gasteiger partial charge in [-0.15, -0.1) is 0 Å². The van der Waals surface area contributed by atoms with Crippen LogP contribution in [0.4, 0.5) is 0 Å². The Morgan fingerprint density at radius 3 is 2.80 bits per heavy atom. The summed E-state index contributed by atoms with van der Waals surface area (Å²) in [5.74, 6) is -0.0907. The zero-order valence-electron chi connectivity index (χ0n) is 8.10. The first-order valence-electron chi connectivity index (χ1n) is 4.67. The van der Waals surface area contributed by atoms with Gasteiger partial charge in [0.1, 0.15) is 0 Å². The van der Waals surface area contributed by atoms with Gasteiger partial charge in [-0.25, -0.2) is 0 Å². The van der Waals surface area contributed by atoms with Gasteiger partial charge in [-0.3, -0.25) is 9.78 Å². The summed E-state index contributed by atoms with van der Waals surface area (Å²) >= 11 is 0. The molecule has 2 heterocycles. The summed E-state index contributed by atoms with van der Waals surface area (Å²) in [7, 11) is 0. The minimum absolute atomic E-state index is 0.0907. The minimum atomic E-state index is -0.0907. The van der Waals surface area contributed by atoms with E-state index in [4.69, 9.17) is 0 Å². The highest BCUT2D eigenvalue weighted by Gasteiger charge is 2.03. The van der Waals surface area contributed by atoms with E-state index in [0.717, 1.165) is 5.69 Å². The number of aromatic amines is 1. The SMILES string of the molecule is O=C(NCc1ccc[nH]1)c1ccncc1. The van der Waals surface area contributed by atoms with Crippen molar-refractivity contribution < 1.29 is 4.79 Å². The van der Waals surface area contributed by atoms with E-state index in [-0.39, 0.29) is 5.91 Å². The Hall–Kier alpha value is -2.10. The van der Waals surface area contributed by atoms with Crippen LogP contribution in [-0.4, -0.2) is 15.9 Å². The number of carbonyl (C=O) groups is 1. The Labute approximate surface area is 87.4 Å². The lowest BCUT2D eigenvalue weighted by Crippen LogP contribution is -2.22. The van der Waals surface area contributed by atoms with Crippen molar-refractivity contribution in [2.45, 2.75) is 6.54 Å². The number of hydrogen-bond acceptors (Lipinski definition) is 2. The van der Waals surface area contributed by atoms with E-state index in [1.165, 1.54) is 0 Å². The molecule has 2 aromatic rings. The first-order valence-corrected chi connectivity index (χ1v) is 4.67. The molecule has 2 N–H and O–H groups in total. The van der Waals surface area contributed by atoms with Crippen molar-refractivity contribution in [3.8, 4) is 0 Å². The van der Waals surface area contributed by atoms with E-state index >= 15 is 0 Å². The number of amides is 1. The van der Waals surface area contributed by atoms with E-state index in [1.54, 1.807) is 24.5 Å². The third-order valence-electron chi connectivity index (χ3n) is 2.04. The van der Waals surface area contributed by atoms with Gasteiger partial charge in [-0.1, -0.05) is 0 Å². The predicted octanol–water partition coefficient (Wildman–Crippen LogP) is 1.34. The number of nitrogens with one attached hydrogen (secondary N) is 2. The first kappa shape index (κ1) is 9.45. The number of aromatic nitrogens is 2. The molecule has 0 fully saturated rings. The van der Waals surface area contributed by atoms with Crippen molar-refractivity contribution in [2.24, 2.45) is 0 Å². The highest BCUT2D eigenvalue weighted by molar-refractivity contribution is 5.93. The zero-order chi connectivity index (χ0) is 10.5. The standard InChI is InChI=1S/C11H11N3O/c15-11(9-3-6-12-7-4-9)14-8-10-2-1-5-13-10/h1-7,13H,8H2,(H,14,15). The van der Waals surface area contributed by atoms with Crippen LogP contribution in [0.3, 0.4) is 0 Å². The molecule has 0 spiro atoms. The predicted molar refractivity (Wildman–Crippen MR) is 56.2 cm³/mol. The van der Waals surface area contributed by atoms with E-state index in [0.29, 0.717) is 12.1 Å². The van der Waals surface area contributed by atoms with Crippen molar-refractivity contribution in [2.75, 3.05) is 0 Å². The van der Waals surface area contributed by atoms with Crippen LogP contribution in [0.1, 0.15) is 16.1 Å². The average Bonchev–Trinajstić information content (AvgIpc) is 2.80. The number of H-pyrrole nitrogens is 1. The molecule has 0 atom stereocenters. The molecule has 0 aliphatic heterocycles. The van der Waals surface area contributed by atoms with E-state index in [9.17, 15) is 4.79 Å². The maximum atomic E-state index is 11.6. The molecule has 0 unspecified atom stereocenters. The van der Waals surface area contributed by atoms with Gasteiger partial charge in [-0.2, -0.15) is 0 Å². The largest absolute Gasteiger partial charge is 0.364 e. The molecule has 0 radical (unpaired) electrons. The summed E-state index contributed by atoms with van der Waals surface area (Å²) in [6, 6.07) is 7.19. The van der Waals surface area contributed by atoms with E-state index < -0.39 is 0 Å². The third-order valence-corrected chi connectivity index (χ3v) is 2.04. The smallest absolute Gasteiger partial charge is 0.251 e. The number of nitrogens with zero attached hydrogens (tertiary/aromatic N) is 1. The fourth-order valence-electron chi connectivity index (χ4n) is 1.26. The fraction of sp³-hybridized carbons (Fsp3) is 0.0909. The van der Waals surface area contributed by atoms with Crippen LogP contribution >= 0.6 is 0 Å². The summed E-state index contributed by atoms with van der Waals surface area (Å²) in [5.41, 5.74) is 1.61. The maximum absolute atomic E-state index is 11.6. The number of pyridine rings is 1. The van der Waals surface area contributed by atoms with Crippen LogP contribution in [0.25, 0.3) is 0 Å². The monoisotopic (exact) mass is 201 g/mol. The molecular formula is C11H11N3O. The Balaban J connectivity index is 1.94.